The predicted molar refractivity (Wildman–Crippen MR) is 105 cm³/mol. The van der Waals surface area contributed by atoms with E-state index in [0.29, 0.717) is 12.0 Å². The second-order valence-corrected chi connectivity index (χ2v) is 8.13. The lowest BCUT2D eigenvalue weighted by Gasteiger charge is -2.36. The molecule has 2 amide bonds. The van der Waals surface area contributed by atoms with Gasteiger partial charge in [-0.25, -0.2) is 9.78 Å². The van der Waals surface area contributed by atoms with Gasteiger partial charge < -0.3 is 10.2 Å². The summed E-state index contributed by atoms with van der Waals surface area (Å²) in [5.41, 5.74) is 5.18. The van der Waals surface area contributed by atoms with Crippen molar-refractivity contribution in [2.45, 2.75) is 38.8 Å². The monoisotopic (exact) mass is 370 g/mol. The largest absolute Gasteiger partial charge is 0.322 e. The predicted octanol–water partition coefficient (Wildman–Crippen LogP) is 3.83. The van der Waals surface area contributed by atoms with Crippen LogP contribution in [-0.4, -0.2) is 46.5 Å². The van der Waals surface area contributed by atoms with Crippen molar-refractivity contribution in [2.24, 2.45) is 5.92 Å². The highest BCUT2D eigenvalue weighted by atomic mass is 32.1. The molecule has 5 rings (SSSR count). The van der Waals surface area contributed by atoms with Crippen LogP contribution < -0.4 is 5.32 Å². The van der Waals surface area contributed by atoms with E-state index in [1.54, 1.807) is 11.3 Å². The Bertz CT molecular complexity index is 748. The highest BCUT2D eigenvalue weighted by molar-refractivity contribution is 7.07. The molecule has 0 aliphatic carbocycles. The zero-order chi connectivity index (χ0) is 17.9. The lowest BCUT2D eigenvalue weighted by Crippen LogP contribution is -2.49. The molecule has 4 heterocycles. The quantitative estimate of drug-likeness (QED) is 0.890. The van der Waals surface area contributed by atoms with Crippen molar-refractivity contribution < 1.29 is 4.79 Å². The molecular weight excluding hydrogens is 344 g/mol. The third kappa shape index (κ3) is 3.91. The van der Waals surface area contributed by atoms with Gasteiger partial charge in [-0.05, 0) is 42.9 Å². The lowest BCUT2D eigenvalue weighted by atomic mass is 9.95. The van der Waals surface area contributed by atoms with Crippen molar-refractivity contribution in [3.63, 3.8) is 0 Å². The van der Waals surface area contributed by atoms with Crippen LogP contribution in [0, 0.1) is 5.92 Å². The number of amides is 2. The minimum atomic E-state index is 0.0449. The summed E-state index contributed by atoms with van der Waals surface area (Å²) in [5.74, 6) is 0.556. The van der Waals surface area contributed by atoms with Gasteiger partial charge in [0.15, 0.2) is 0 Å². The van der Waals surface area contributed by atoms with Gasteiger partial charge in [0, 0.05) is 43.3 Å². The van der Waals surface area contributed by atoms with Crippen LogP contribution in [0.15, 0.2) is 35.2 Å². The third-order valence-electron chi connectivity index (χ3n) is 5.51. The number of carbonyl (C=O) groups excluding carboxylic acids is 1. The van der Waals surface area contributed by atoms with Gasteiger partial charge in [-0.1, -0.05) is 19.1 Å². The van der Waals surface area contributed by atoms with Crippen molar-refractivity contribution >= 4 is 23.1 Å². The summed E-state index contributed by atoms with van der Waals surface area (Å²) in [6.07, 6.45) is 3.29. The van der Waals surface area contributed by atoms with Gasteiger partial charge in [0.1, 0.15) is 0 Å². The Morgan fingerprint density at radius 1 is 1.31 bits per heavy atom. The number of aryl methyl sites for hydroxylation is 1. The summed E-state index contributed by atoms with van der Waals surface area (Å²) in [4.78, 5) is 21.9. The first-order valence-electron chi connectivity index (χ1n) is 9.47. The maximum Gasteiger partial charge on any atom is 0.322 e. The highest BCUT2D eigenvalue weighted by Crippen LogP contribution is 2.29. The molecule has 5 nitrogen and oxygen atoms in total. The molecule has 1 aromatic carbocycles. The summed E-state index contributed by atoms with van der Waals surface area (Å²) < 4.78 is 0. The molecule has 2 atom stereocenters. The summed E-state index contributed by atoms with van der Waals surface area (Å²) in [7, 11) is 0. The molecule has 0 radical (unpaired) electrons. The number of hydrogen-bond acceptors (Lipinski definition) is 4. The van der Waals surface area contributed by atoms with Crippen LogP contribution in [0.25, 0.3) is 0 Å². The molecule has 0 saturated carbocycles. The number of anilines is 1. The molecule has 3 aliphatic rings. The Kier molecular flexibility index (Phi) is 5.22. The summed E-state index contributed by atoms with van der Waals surface area (Å²) in [5, 5.41) is 5.24. The molecule has 2 aromatic rings. The van der Waals surface area contributed by atoms with Gasteiger partial charge in [-0.3, -0.25) is 4.90 Å². The van der Waals surface area contributed by atoms with E-state index < -0.39 is 0 Å². The van der Waals surface area contributed by atoms with Crippen LogP contribution in [0.3, 0.4) is 0 Å². The van der Waals surface area contributed by atoms with Crippen LogP contribution >= 0.6 is 11.3 Å². The van der Waals surface area contributed by atoms with Crippen LogP contribution in [0.1, 0.15) is 31.0 Å². The number of nitrogens with one attached hydrogen (secondary N) is 1. The normalized spacial score (nSPS) is 23.0. The molecule has 26 heavy (non-hydrogen) atoms. The van der Waals surface area contributed by atoms with E-state index in [9.17, 15) is 4.79 Å². The number of piperidine rings is 1. The Morgan fingerprint density at radius 2 is 2.23 bits per heavy atom. The van der Waals surface area contributed by atoms with Crippen LogP contribution in [0.4, 0.5) is 10.5 Å². The lowest BCUT2D eigenvalue weighted by molar-refractivity contribution is 0.151. The SMILES string of the molecule is CCc1cccc(NC(=O)N2C[C@H]3CC[C@@H]2CN(Cc2cscn2)C3)c1. The average Bonchev–Trinajstić information content (AvgIpc) is 3.00. The first kappa shape index (κ1) is 17.5. The van der Waals surface area contributed by atoms with Gasteiger partial charge in [0.05, 0.1) is 11.2 Å². The summed E-state index contributed by atoms with van der Waals surface area (Å²) in [6.45, 7) is 5.88. The topological polar surface area (TPSA) is 48.5 Å². The number of urea groups is 1. The van der Waals surface area contributed by atoms with Crippen molar-refractivity contribution in [3.8, 4) is 0 Å². The maximum absolute atomic E-state index is 12.9. The number of hydrogen-bond donors (Lipinski definition) is 1. The van der Waals surface area contributed by atoms with Crippen molar-refractivity contribution in [3.05, 3.63) is 46.4 Å². The molecule has 0 spiro atoms. The smallest absolute Gasteiger partial charge is 0.320 e. The van der Waals surface area contributed by atoms with E-state index in [1.807, 2.05) is 17.6 Å². The second kappa shape index (κ2) is 7.76. The van der Waals surface area contributed by atoms with Crippen LogP contribution in [-0.2, 0) is 13.0 Å². The van der Waals surface area contributed by atoms with Crippen molar-refractivity contribution in [1.82, 2.24) is 14.8 Å². The fraction of sp³-hybridized carbons (Fsp3) is 0.500. The Balaban J connectivity index is 1.43. The Labute approximate surface area is 159 Å². The van der Waals surface area contributed by atoms with Gasteiger partial charge in [0.25, 0.3) is 0 Å². The number of thiazole rings is 1. The van der Waals surface area contributed by atoms with Crippen molar-refractivity contribution in [1.29, 1.82) is 0 Å². The van der Waals surface area contributed by atoms with E-state index >= 15 is 0 Å². The van der Waals surface area contributed by atoms with Gasteiger partial charge in [-0.2, -0.15) is 0 Å². The fourth-order valence-electron chi connectivity index (χ4n) is 4.17. The molecule has 1 aromatic heterocycles. The standard InChI is InChI=1S/C20H26N4OS/c1-2-15-4-3-5-17(8-15)22-20(25)24-10-16-6-7-19(24)12-23(9-16)11-18-13-26-14-21-18/h3-5,8,13-14,16,19H,2,6-7,9-12H2,1H3,(H,22,25)/t16-,19+/m0/s1. The van der Waals surface area contributed by atoms with E-state index in [2.05, 4.69) is 44.5 Å². The molecule has 2 bridgehead atoms. The molecule has 3 fully saturated rings. The summed E-state index contributed by atoms with van der Waals surface area (Å²) in [6, 6.07) is 8.49. The first-order chi connectivity index (χ1) is 12.7. The minimum absolute atomic E-state index is 0.0449. The van der Waals surface area contributed by atoms with Gasteiger partial charge >= 0.3 is 6.03 Å². The second-order valence-electron chi connectivity index (χ2n) is 7.41. The number of rotatable bonds is 4. The van der Waals surface area contributed by atoms with Crippen LogP contribution in [0.2, 0.25) is 0 Å². The van der Waals surface area contributed by atoms with Crippen molar-refractivity contribution in [2.75, 3.05) is 25.0 Å². The van der Waals surface area contributed by atoms with E-state index in [0.717, 1.165) is 50.4 Å². The molecule has 6 heteroatoms. The first-order valence-corrected chi connectivity index (χ1v) is 10.4. The Hall–Kier alpha value is -1.92. The van der Waals surface area contributed by atoms with Crippen LogP contribution in [0.5, 0.6) is 0 Å². The highest BCUT2D eigenvalue weighted by Gasteiger charge is 2.37. The zero-order valence-corrected chi connectivity index (χ0v) is 16.0. The van der Waals surface area contributed by atoms with Gasteiger partial charge in [-0.15, -0.1) is 11.3 Å². The fourth-order valence-corrected chi connectivity index (χ4v) is 4.72. The third-order valence-corrected chi connectivity index (χ3v) is 6.14. The van der Waals surface area contributed by atoms with E-state index in [-0.39, 0.29) is 6.03 Å². The van der Waals surface area contributed by atoms with Gasteiger partial charge in [0.2, 0.25) is 0 Å². The molecule has 138 valence electrons. The number of nitrogens with zero attached hydrogens (tertiary/aromatic N) is 3. The number of carbonyl (C=O) groups is 1. The zero-order valence-electron chi connectivity index (χ0n) is 15.2. The maximum atomic E-state index is 12.9. The molecule has 3 saturated heterocycles. The molecule has 3 aliphatic heterocycles. The minimum Gasteiger partial charge on any atom is -0.320 e. The van der Waals surface area contributed by atoms with E-state index in [1.165, 1.54) is 12.0 Å². The molecule has 1 N–H and O–H groups in total. The molecule has 0 unspecified atom stereocenters. The van der Waals surface area contributed by atoms with E-state index in [4.69, 9.17) is 0 Å². The number of fused-ring (bicyclic) bond motifs is 4. The molecular formula is C20H26N4OS. The number of benzene rings is 1. The Morgan fingerprint density at radius 3 is 3.04 bits per heavy atom. The number of aromatic nitrogens is 1. The average molecular weight is 371 g/mol. The summed E-state index contributed by atoms with van der Waals surface area (Å²) >= 11 is 1.65.